The molecule has 3 heterocycles. The molecule has 2 saturated heterocycles. The Bertz CT molecular complexity index is 1380. The van der Waals surface area contributed by atoms with Crippen LogP contribution in [0.3, 0.4) is 0 Å². The van der Waals surface area contributed by atoms with Crippen molar-refractivity contribution < 1.29 is 9.18 Å². The fraction of sp³-hybridized carbons (Fsp3) is 0.387. The van der Waals surface area contributed by atoms with Crippen LogP contribution >= 0.6 is 0 Å². The quantitative estimate of drug-likeness (QED) is 0.492. The lowest BCUT2D eigenvalue weighted by atomic mass is 9.97. The van der Waals surface area contributed by atoms with Crippen LogP contribution in [-0.2, 0) is 6.54 Å². The molecule has 0 radical (unpaired) electrons. The predicted molar refractivity (Wildman–Crippen MR) is 151 cm³/mol. The fourth-order valence-corrected chi connectivity index (χ4v) is 5.71. The third-order valence-corrected chi connectivity index (χ3v) is 7.97. The summed E-state index contributed by atoms with van der Waals surface area (Å²) in [7, 11) is 0. The first-order valence-electron chi connectivity index (χ1n) is 13.6. The zero-order valence-corrected chi connectivity index (χ0v) is 22.9. The molecular weight excluding hydrogens is 491 g/mol. The van der Waals surface area contributed by atoms with Crippen molar-refractivity contribution in [2.24, 2.45) is 0 Å². The summed E-state index contributed by atoms with van der Waals surface area (Å²) in [4.78, 5) is 26.7. The number of benzene rings is 2. The van der Waals surface area contributed by atoms with Gasteiger partial charge in [0.1, 0.15) is 17.7 Å². The molecule has 2 aromatic carbocycles. The number of anilines is 2. The van der Waals surface area contributed by atoms with Gasteiger partial charge in [0.2, 0.25) is 0 Å². The molecule has 5 rings (SSSR count). The van der Waals surface area contributed by atoms with Crippen molar-refractivity contribution in [3.63, 3.8) is 0 Å². The molecule has 0 N–H and O–H groups in total. The SMILES string of the molecule is Cc1cc(C)c(C(=O)N2CCN(c3ccc(F)cn3)C[C@@H]2C)cc1CN1CCN(c2ccccc2C#N)CC1. The molecule has 0 bridgehead atoms. The van der Waals surface area contributed by atoms with Gasteiger partial charge in [-0.15, -0.1) is 0 Å². The van der Waals surface area contributed by atoms with E-state index in [1.807, 2.05) is 36.1 Å². The van der Waals surface area contributed by atoms with Gasteiger partial charge in [-0.05, 0) is 67.8 Å². The summed E-state index contributed by atoms with van der Waals surface area (Å²) < 4.78 is 13.3. The summed E-state index contributed by atoms with van der Waals surface area (Å²) in [5.41, 5.74) is 5.85. The number of nitrogens with zero attached hydrogens (tertiary/aromatic N) is 6. The molecule has 7 nitrogen and oxygen atoms in total. The molecule has 8 heteroatoms. The highest BCUT2D eigenvalue weighted by atomic mass is 19.1. The van der Waals surface area contributed by atoms with Gasteiger partial charge in [-0.3, -0.25) is 9.69 Å². The molecule has 1 amide bonds. The topological polar surface area (TPSA) is 66.7 Å². The second-order valence-electron chi connectivity index (χ2n) is 10.6. The average Bonchev–Trinajstić information content (AvgIpc) is 2.95. The summed E-state index contributed by atoms with van der Waals surface area (Å²) in [6.45, 7) is 12.4. The minimum absolute atomic E-state index is 0.00613. The largest absolute Gasteiger partial charge is 0.368 e. The smallest absolute Gasteiger partial charge is 0.254 e. The molecule has 0 unspecified atom stereocenters. The Hall–Kier alpha value is -3.96. The molecule has 202 valence electrons. The van der Waals surface area contributed by atoms with Crippen LogP contribution in [0, 0.1) is 31.0 Å². The van der Waals surface area contributed by atoms with Gasteiger partial charge in [-0.2, -0.15) is 5.26 Å². The van der Waals surface area contributed by atoms with E-state index in [9.17, 15) is 14.4 Å². The molecule has 0 spiro atoms. The Balaban J connectivity index is 1.24. The Morgan fingerprint density at radius 3 is 2.44 bits per heavy atom. The van der Waals surface area contributed by atoms with Crippen molar-refractivity contribution in [2.75, 3.05) is 55.6 Å². The van der Waals surface area contributed by atoms with Gasteiger partial charge < -0.3 is 14.7 Å². The van der Waals surface area contributed by atoms with Crippen molar-refractivity contribution in [1.82, 2.24) is 14.8 Å². The second-order valence-corrected chi connectivity index (χ2v) is 10.6. The average molecular weight is 527 g/mol. The van der Waals surface area contributed by atoms with Gasteiger partial charge in [-0.25, -0.2) is 9.37 Å². The van der Waals surface area contributed by atoms with Crippen LogP contribution < -0.4 is 9.80 Å². The normalized spacial score (nSPS) is 18.2. The lowest BCUT2D eigenvalue weighted by Gasteiger charge is -2.40. The highest BCUT2D eigenvalue weighted by molar-refractivity contribution is 5.96. The summed E-state index contributed by atoms with van der Waals surface area (Å²) in [5, 5.41) is 9.47. The van der Waals surface area contributed by atoms with E-state index in [1.165, 1.54) is 23.4 Å². The lowest BCUT2D eigenvalue weighted by Crippen LogP contribution is -2.54. The summed E-state index contributed by atoms with van der Waals surface area (Å²) in [6, 6.07) is 17.4. The van der Waals surface area contributed by atoms with Gasteiger partial charge >= 0.3 is 0 Å². The maximum atomic E-state index is 13.7. The number of hydrogen-bond acceptors (Lipinski definition) is 6. The van der Waals surface area contributed by atoms with E-state index < -0.39 is 0 Å². The van der Waals surface area contributed by atoms with E-state index in [0.717, 1.165) is 55.4 Å². The Kier molecular flexibility index (Phi) is 7.80. The molecule has 39 heavy (non-hydrogen) atoms. The Labute approximate surface area is 230 Å². The number of aromatic nitrogens is 1. The van der Waals surface area contributed by atoms with E-state index in [0.29, 0.717) is 25.2 Å². The number of carbonyl (C=O) groups excluding carboxylic acids is 1. The third-order valence-electron chi connectivity index (χ3n) is 7.97. The van der Waals surface area contributed by atoms with Gasteiger partial charge in [0.25, 0.3) is 5.91 Å². The van der Waals surface area contributed by atoms with Crippen molar-refractivity contribution in [1.29, 1.82) is 5.26 Å². The standard InChI is InChI=1S/C31H35FN6O/c1-22-16-23(2)28(31(39)38-15-14-37(20-24(38)3)30-9-8-27(32)19-34-30)17-26(22)21-35-10-12-36(13-11-35)29-7-5-4-6-25(29)18-33/h4-9,16-17,19,24H,10-15,20-21H2,1-3H3/t24-/m0/s1. The van der Waals surface area contributed by atoms with Crippen molar-refractivity contribution in [2.45, 2.75) is 33.4 Å². The number of amides is 1. The molecular formula is C31H35FN6O. The minimum Gasteiger partial charge on any atom is -0.368 e. The van der Waals surface area contributed by atoms with Gasteiger partial charge in [-0.1, -0.05) is 18.2 Å². The van der Waals surface area contributed by atoms with E-state index in [4.69, 9.17) is 0 Å². The Morgan fingerprint density at radius 2 is 1.74 bits per heavy atom. The molecule has 1 atom stereocenters. The van der Waals surface area contributed by atoms with Gasteiger partial charge in [0, 0.05) is 64.0 Å². The Morgan fingerprint density at radius 1 is 1.00 bits per heavy atom. The molecule has 2 aliphatic heterocycles. The predicted octanol–water partition coefficient (Wildman–Crippen LogP) is 4.38. The zero-order valence-electron chi connectivity index (χ0n) is 22.9. The highest BCUT2D eigenvalue weighted by Gasteiger charge is 2.30. The van der Waals surface area contributed by atoms with Gasteiger partial charge in [0.15, 0.2) is 0 Å². The van der Waals surface area contributed by atoms with Crippen LogP contribution in [0.2, 0.25) is 0 Å². The van der Waals surface area contributed by atoms with E-state index in [1.54, 1.807) is 6.07 Å². The molecule has 0 aliphatic carbocycles. The number of aryl methyl sites for hydroxylation is 2. The molecule has 0 saturated carbocycles. The molecule has 3 aromatic rings. The minimum atomic E-state index is -0.350. The number of pyridine rings is 1. The van der Waals surface area contributed by atoms with Crippen LogP contribution in [0.5, 0.6) is 0 Å². The number of rotatable bonds is 5. The number of para-hydroxylation sites is 1. The lowest BCUT2D eigenvalue weighted by molar-refractivity contribution is 0.0672. The van der Waals surface area contributed by atoms with Crippen molar-refractivity contribution in [3.8, 4) is 6.07 Å². The van der Waals surface area contributed by atoms with E-state index in [2.05, 4.69) is 51.7 Å². The molecule has 2 aliphatic rings. The fourth-order valence-electron chi connectivity index (χ4n) is 5.71. The van der Waals surface area contributed by atoms with Gasteiger partial charge in [0.05, 0.1) is 17.4 Å². The number of carbonyl (C=O) groups is 1. The highest BCUT2D eigenvalue weighted by Crippen LogP contribution is 2.25. The first-order valence-corrected chi connectivity index (χ1v) is 13.6. The van der Waals surface area contributed by atoms with Crippen LogP contribution in [0.25, 0.3) is 0 Å². The van der Waals surface area contributed by atoms with Crippen LogP contribution in [0.15, 0.2) is 54.7 Å². The molecule has 2 fully saturated rings. The summed E-state index contributed by atoms with van der Waals surface area (Å²) in [5.74, 6) is 0.448. The first-order chi connectivity index (χ1) is 18.8. The summed E-state index contributed by atoms with van der Waals surface area (Å²) >= 11 is 0. The molecule has 1 aromatic heterocycles. The zero-order chi connectivity index (χ0) is 27.5. The third kappa shape index (κ3) is 5.74. The van der Waals surface area contributed by atoms with Crippen molar-refractivity contribution in [3.05, 3.63) is 88.4 Å². The first kappa shape index (κ1) is 26.6. The van der Waals surface area contributed by atoms with Crippen molar-refractivity contribution >= 4 is 17.4 Å². The van der Waals surface area contributed by atoms with Crippen LogP contribution in [0.4, 0.5) is 15.9 Å². The number of halogens is 1. The maximum Gasteiger partial charge on any atom is 0.254 e. The maximum absolute atomic E-state index is 13.7. The second kappa shape index (κ2) is 11.4. The summed E-state index contributed by atoms with van der Waals surface area (Å²) in [6.07, 6.45) is 1.24. The van der Waals surface area contributed by atoms with E-state index >= 15 is 0 Å². The van der Waals surface area contributed by atoms with E-state index in [-0.39, 0.29) is 17.8 Å². The number of piperazine rings is 2. The number of hydrogen-bond donors (Lipinski definition) is 0. The van der Waals surface area contributed by atoms with Crippen LogP contribution in [-0.4, -0.2) is 72.5 Å². The van der Waals surface area contributed by atoms with Crippen LogP contribution in [0.1, 0.15) is 39.5 Å². The number of nitriles is 1. The monoisotopic (exact) mass is 526 g/mol.